The van der Waals surface area contributed by atoms with Gasteiger partial charge < -0.3 is 21.1 Å². The van der Waals surface area contributed by atoms with Gasteiger partial charge in [-0.3, -0.25) is 4.79 Å². The number of amides is 1. The fourth-order valence-corrected chi connectivity index (χ4v) is 2.21. The topological polar surface area (TPSA) is 78.6 Å². The number of nitrogens with one attached hydrogen (secondary N) is 1. The van der Waals surface area contributed by atoms with E-state index in [1.165, 1.54) is 0 Å². The first-order chi connectivity index (χ1) is 9.66. The molecule has 1 rings (SSSR count). The van der Waals surface area contributed by atoms with Crippen molar-refractivity contribution in [2.75, 3.05) is 31.3 Å². The third kappa shape index (κ3) is 4.63. The molecule has 0 spiro atoms. The molecule has 5 nitrogen and oxygen atoms in total. The van der Waals surface area contributed by atoms with Gasteiger partial charge in [-0.1, -0.05) is 20.8 Å². The predicted octanol–water partition coefficient (Wildman–Crippen LogP) is 1.86. The van der Waals surface area contributed by atoms with E-state index in [1.54, 1.807) is 12.1 Å². The summed E-state index contributed by atoms with van der Waals surface area (Å²) in [6, 6.07) is 5.19. The molecule has 0 aliphatic heterocycles. The van der Waals surface area contributed by atoms with Crippen LogP contribution < -0.4 is 16.0 Å². The first-order valence-electron chi connectivity index (χ1n) is 7.15. The molecule has 1 aromatic rings. The monoisotopic (exact) mass is 293 g/mol. The minimum atomic E-state index is -0.167. The number of nitrogens with two attached hydrogens (primary N) is 1. The SMILES string of the molecule is CN(C)c1ccc(N)cc1C(=O)NC(CCO)C(C)(C)C. The molecule has 0 saturated carbocycles. The van der Waals surface area contributed by atoms with Crippen LogP contribution in [0.2, 0.25) is 0 Å². The van der Waals surface area contributed by atoms with Crippen LogP contribution in [-0.2, 0) is 0 Å². The lowest BCUT2D eigenvalue weighted by molar-refractivity contribution is 0.0886. The Morgan fingerprint density at radius 1 is 1.38 bits per heavy atom. The standard InChI is InChI=1S/C16H27N3O2/c1-16(2,3)14(8-9-20)18-15(21)12-10-11(17)6-7-13(12)19(4)5/h6-7,10,14,20H,8-9,17H2,1-5H3,(H,18,21). The lowest BCUT2D eigenvalue weighted by Crippen LogP contribution is -2.44. The van der Waals surface area contributed by atoms with Crippen LogP contribution in [-0.4, -0.2) is 37.8 Å². The highest BCUT2D eigenvalue weighted by atomic mass is 16.3. The van der Waals surface area contributed by atoms with Crippen molar-refractivity contribution < 1.29 is 9.90 Å². The molecule has 0 heterocycles. The molecule has 1 aromatic carbocycles. The summed E-state index contributed by atoms with van der Waals surface area (Å²) in [6.07, 6.45) is 0.523. The van der Waals surface area contributed by atoms with Crippen LogP contribution in [0.15, 0.2) is 18.2 Å². The summed E-state index contributed by atoms with van der Waals surface area (Å²) in [7, 11) is 3.77. The number of aliphatic hydroxyl groups is 1. The van der Waals surface area contributed by atoms with E-state index in [2.05, 4.69) is 5.32 Å². The lowest BCUT2D eigenvalue weighted by atomic mass is 9.84. The van der Waals surface area contributed by atoms with Crippen molar-refractivity contribution in [1.82, 2.24) is 5.32 Å². The molecule has 0 aliphatic rings. The second-order valence-electron chi connectivity index (χ2n) is 6.58. The summed E-state index contributed by atoms with van der Waals surface area (Å²) in [6.45, 7) is 6.17. The van der Waals surface area contributed by atoms with Crippen LogP contribution in [0.4, 0.5) is 11.4 Å². The maximum atomic E-state index is 12.6. The fraction of sp³-hybridized carbons (Fsp3) is 0.562. The van der Waals surface area contributed by atoms with Crippen LogP contribution in [0, 0.1) is 5.41 Å². The van der Waals surface area contributed by atoms with Crippen molar-refractivity contribution in [3.63, 3.8) is 0 Å². The fourth-order valence-electron chi connectivity index (χ4n) is 2.21. The van der Waals surface area contributed by atoms with Crippen molar-refractivity contribution in [1.29, 1.82) is 0 Å². The molecule has 0 aromatic heterocycles. The molecule has 0 saturated heterocycles. The molecule has 0 fully saturated rings. The zero-order valence-electron chi connectivity index (χ0n) is 13.6. The van der Waals surface area contributed by atoms with Gasteiger partial charge in [0.15, 0.2) is 0 Å². The van der Waals surface area contributed by atoms with E-state index in [9.17, 15) is 9.90 Å². The molecule has 0 radical (unpaired) electrons. The van der Waals surface area contributed by atoms with E-state index in [-0.39, 0.29) is 24.0 Å². The molecular weight excluding hydrogens is 266 g/mol. The molecule has 0 aliphatic carbocycles. The average Bonchev–Trinajstić information content (AvgIpc) is 2.36. The average molecular weight is 293 g/mol. The van der Waals surface area contributed by atoms with Gasteiger partial charge in [-0.2, -0.15) is 0 Å². The number of nitrogens with zero attached hydrogens (tertiary/aromatic N) is 1. The van der Waals surface area contributed by atoms with E-state index >= 15 is 0 Å². The van der Waals surface area contributed by atoms with E-state index in [1.807, 2.05) is 45.8 Å². The zero-order chi connectivity index (χ0) is 16.2. The first-order valence-corrected chi connectivity index (χ1v) is 7.15. The Morgan fingerprint density at radius 3 is 2.48 bits per heavy atom. The smallest absolute Gasteiger partial charge is 0.253 e. The van der Waals surface area contributed by atoms with Gasteiger partial charge in [0.2, 0.25) is 0 Å². The Morgan fingerprint density at radius 2 is 2.00 bits per heavy atom. The number of carbonyl (C=O) groups is 1. The van der Waals surface area contributed by atoms with Gasteiger partial charge in [0.1, 0.15) is 0 Å². The van der Waals surface area contributed by atoms with Crippen molar-refractivity contribution in [3.8, 4) is 0 Å². The Bertz CT molecular complexity index is 493. The van der Waals surface area contributed by atoms with Gasteiger partial charge in [0.25, 0.3) is 5.91 Å². The minimum Gasteiger partial charge on any atom is -0.399 e. The van der Waals surface area contributed by atoms with Crippen LogP contribution in [0.5, 0.6) is 0 Å². The Labute approximate surface area is 127 Å². The molecular formula is C16H27N3O2. The second kappa shape index (κ2) is 6.80. The van der Waals surface area contributed by atoms with E-state index in [0.717, 1.165) is 5.69 Å². The molecule has 5 heteroatoms. The van der Waals surface area contributed by atoms with Gasteiger partial charge in [-0.05, 0) is 30.0 Å². The van der Waals surface area contributed by atoms with Crippen LogP contribution >= 0.6 is 0 Å². The number of hydrogen-bond acceptors (Lipinski definition) is 4. The van der Waals surface area contributed by atoms with E-state index in [0.29, 0.717) is 17.7 Å². The van der Waals surface area contributed by atoms with Gasteiger partial charge in [-0.15, -0.1) is 0 Å². The molecule has 1 unspecified atom stereocenters. The van der Waals surface area contributed by atoms with Gasteiger partial charge in [-0.25, -0.2) is 0 Å². The molecule has 21 heavy (non-hydrogen) atoms. The van der Waals surface area contributed by atoms with Crippen LogP contribution in [0.1, 0.15) is 37.6 Å². The maximum absolute atomic E-state index is 12.6. The predicted molar refractivity (Wildman–Crippen MR) is 87.6 cm³/mol. The van der Waals surface area contributed by atoms with E-state index < -0.39 is 0 Å². The lowest BCUT2D eigenvalue weighted by Gasteiger charge is -2.31. The van der Waals surface area contributed by atoms with Crippen molar-refractivity contribution >= 4 is 17.3 Å². The first kappa shape index (κ1) is 17.3. The molecule has 0 bridgehead atoms. The van der Waals surface area contributed by atoms with Gasteiger partial charge in [0.05, 0.1) is 5.56 Å². The van der Waals surface area contributed by atoms with Crippen molar-refractivity contribution in [3.05, 3.63) is 23.8 Å². The zero-order valence-corrected chi connectivity index (χ0v) is 13.6. The number of anilines is 2. The summed E-state index contributed by atoms with van der Waals surface area (Å²) in [5.41, 5.74) is 7.60. The number of hydrogen-bond donors (Lipinski definition) is 3. The molecule has 1 amide bonds. The number of rotatable bonds is 5. The molecule has 1 atom stereocenters. The van der Waals surface area contributed by atoms with Crippen molar-refractivity contribution in [2.24, 2.45) is 5.41 Å². The molecule has 4 N–H and O–H groups in total. The molecule has 118 valence electrons. The largest absolute Gasteiger partial charge is 0.399 e. The minimum absolute atomic E-state index is 0.0414. The maximum Gasteiger partial charge on any atom is 0.253 e. The van der Waals surface area contributed by atoms with Crippen LogP contribution in [0.25, 0.3) is 0 Å². The Hall–Kier alpha value is -1.75. The Balaban J connectivity index is 3.05. The summed E-state index contributed by atoms with van der Waals surface area (Å²) in [4.78, 5) is 14.5. The number of carbonyl (C=O) groups excluding carboxylic acids is 1. The second-order valence-corrected chi connectivity index (χ2v) is 6.58. The van der Waals surface area contributed by atoms with Crippen molar-refractivity contribution in [2.45, 2.75) is 33.2 Å². The van der Waals surface area contributed by atoms with Gasteiger partial charge in [0, 0.05) is 38.1 Å². The third-order valence-electron chi connectivity index (χ3n) is 3.52. The normalized spacial score (nSPS) is 12.9. The summed E-state index contributed by atoms with van der Waals surface area (Å²) in [5.74, 6) is -0.167. The van der Waals surface area contributed by atoms with E-state index in [4.69, 9.17) is 5.73 Å². The highest BCUT2D eigenvalue weighted by Crippen LogP contribution is 2.25. The third-order valence-corrected chi connectivity index (χ3v) is 3.52. The summed E-state index contributed by atoms with van der Waals surface area (Å²) in [5, 5.41) is 12.2. The van der Waals surface area contributed by atoms with Crippen LogP contribution in [0.3, 0.4) is 0 Å². The number of benzene rings is 1. The highest BCUT2D eigenvalue weighted by molar-refractivity contribution is 6.00. The Kier molecular flexibility index (Phi) is 5.61. The summed E-state index contributed by atoms with van der Waals surface area (Å²) < 4.78 is 0. The number of nitrogen functional groups attached to an aromatic ring is 1. The quantitative estimate of drug-likeness (QED) is 0.724. The summed E-state index contributed by atoms with van der Waals surface area (Å²) >= 11 is 0. The number of aliphatic hydroxyl groups excluding tert-OH is 1. The van der Waals surface area contributed by atoms with Gasteiger partial charge >= 0.3 is 0 Å². The highest BCUT2D eigenvalue weighted by Gasteiger charge is 2.27.